The van der Waals surface area contributed by atoms with Crippen LogP contribution in [0.5, 0.6) is 0 Å². The minimum atomic E-state index is 0.932. The molecule has 1 radical (unpaired) electrons. The summed E-state index contributed by atoms with van der Waals surface area (Å²) in [5, 5.41) is 0. The Bertz CT molecular complexity index is 235. The highest BCUT2D eigenvalue weighted by Crippen LogP contribution is 2.65. The van der Waals surface area contributed by atoms with Crippen LogP contribution in [0.2, 0.25) is 0 Å². The first-order valence-electron chi connectivity index (χ1n) is 3.47. The van der Waals surface area contributed by atoms with E-state index in [-0.39, 0.29) is 0 Å². The molecule has 2 aliphatic rings. The third-order valence-corrected chi connectivity index (χ3v) is 2.48. The zero-order valence-electron chi connectivity index (χ0n) is 5.09. The van der Waals surface area contributed by atoms with Gasteiger partial charge >= 0.3 is 0 Å². The lowest BCUT2D eigenvalue weighted by Crippen LogP contribution is -1.99. The summed E-state index contributed by atoms with van der Waals surface area (Å²) in [6.45, 7) is 0. The van der Waals surface area contributed by atoms with Crippen LogP contribution >= 0.6 is 0 Å². The summed E-state index contributed by atoms with van der Waals surface area (Å²) in [4.78, 5) is 0. The third kappa shape index (κ3) is 0.335. The zero-order chi connectivity index (χ0) is 5.84. The molecule has 2 unspecified atom stereocenters. The van der Waals surface area contributed by atoms with Crippen molar-refractivity contribution in [1.29, 1.82) is 0 Å². The molecular weight excluding hydrogens is 108 g/mol. The van der Waals surface area contributed by atoms with Crippen molar-refractivity contribution >= 4 is 0 Å². The van der Waals surface area contributed by atoms with E-state index in [0.29, 0.717) is 0 Å². The topological polar surface area (TPSA) is 0 Å². The largest absolute Gasteiger partial charge is 0.0613 e. The Morgan fingerprint density at radius 3 is 3.33 bits per heavy atom. The second-order valence-corrected chi connectivity index (χ2v) is 2.99. The smallest absolute Gasteiger partial charge is 0.00777 e. The zero-order valence-corrected chi connectivity index (χ0v) is 5.09. The van der Waals surface area contributed by atoms with Gasteiger partial charge in [0, 0.05) is 0 Å². The van der Waals surface area contributed by atoms with Crippen molar-refractivity contribution in [1.82, 2.24) is 0 Å². The molecule has 0 nitrogen and oxygen atoms in total. The first kappa shape index (κ1) is 4.10. The van der Waals surface area contributed by atoms with Crippen molar-refractivity contribution in [2.45, 2.75) is 18.3 Å². The third-order valence-electron chi connectivity index (χ3n) is 2.48. The van der Waals surface area contributed by atoms with Crippen LogP contribution in [-0.4, -0.2) is 0 Å². The number of benzene rings is 1. The monoisotopic (exact) mass is 115 g/mol. The molecule has 1 aromatic carbocycles. The fourth-order valence-corrected chi connectivity index (χ4v) is 1.87. The van der Waals surface area contributed by atoms with Gasteiger partial charge in [-0.2, -0.15) is 0 Å². The first-order valence-corrected chi connectivity index (χ1v) is 3.47. The predicted molar refractivity (Wildman–Crippen MR) is 35.4 cm³/mol. The lowest BCUT2D eigenvalue weighted by Gasteiger charge is -2.15. The number of hydrogen-bond acceptors (Lipinski definition) is 0. The van der Waals surface area contributed by atoms with E-state index < -0.39 is 0 Å². The van der Waals surface area contributed by atoms with Crippen LogP contribution in [-0.2, 0) is 0 Å². The quantitative estimate of drug-likeness (QED) is 0.485. The Hall–Kier alpha value is -0.780. The molecule has 0 aromatic heterocycles. The van der Waals surface area contributed by atoms with E-state index >= 15 is 0 Å². The maximum atomic E-state index is 3.28. The van der Waals surface area contributed by atoms with Crippen molar-refractivity contribution in [2.24, 2.45) is 0 Å². The molecule has 0 N–H and O–H groups in total. The van der Waals surface area contributed by atoms with Crippen LogP contribution in [0.4, 0.5) is 0 Å². The molecular formula is C9H7. The Kier molecular flexibility index (Phi) is 0.484. The van der Waals surface area contributed by atoms with Crippen molar-refractivity contribution in [3.63, 3.8) is 0 Å². The Morgan fingerprint density at radius 1 is 1.44 bits per heavy atom. The lowest BCUT2D eigenvalue weighted by atomic mass is 9.89. The second-order valence-electron chi connectivity index (χ2n) is 2.99. The number of hydrogen-bond donors (Lipinski definition) is 0. The predicted octanol–water partition coefficient (Wildman–Crippen LogP) is 2.07. The van der Waals surface area contributed by atoms with Crippen molar-refractivity contribution in [2.75, 3.05) is 0 Å². The van der Waals surface area contributed by atoms with Gasteiger partial charge in [0.15, 0.2) is 0 Å². The van der Waals surface area contributed by atoms with Gasteiger partial charge in [-0.3, -0.25) is 0 Å². The average Bonchev–Trinajstić information content (AvgIpc) is 2.58. The summed E-state index contributed by atoms with van der Waals surface area (Å²) in [7, 11) is 0. The Balaban J connectivity index is 2.31. The van der Waals surface area contributed by atoms with E-state index in [1.54, 1.807) is 5.56 Å². The normalized spacial score (nSPS) is 34.2. The van der Waals surface area contributed by atoms with Gasteiger partial charge in [-0.05, 0) is 35.4 Å². The van der Waals surface area contributed by atoms with Gasteiger partial charge < -0.3 is 0 Å². The molecule has 2 atom stereocenters. The van der Waals surface area contributed by atoms with E-state index in [4.69, 9.17) is 0 Å². The van der Waals surface area contributed by atoms with Gasteiger partial charge in [0.2, 0.25) is 0 Å². The fraction of sp³-hybridized carbons (Fsp3) is 0.333. The number of fused-ring (bicyclic) bond motifs is 4. The SMILES string of the molecule is [c]1cccc2c1C1CC21. The molecule has 0 aliphatic heterocycles. The van der Waals surface area contributed by atoms with E-state index in [9.17, 15) is 0 Å². The van der Waals surface area contributed by atoms with Crippen LogP contribution < -0.4 is 0 Å². The summed E-state index contributed by atoms with van der Waals surface area (Å²) in [6, 6.07) is 9.63. The molecule has 43 valence electrons. The molecule has 0 amide bonds. The van der Waals surface area contributed by atoms with Crippen molar-refractivity contribution in [3.8, 4) is 0 Å². The van der Waals surface area contributed by atoms with E-state index in [1.807, 2.05) is 6.07 Å². The molecule has 3 rings (SSSR count). The van der Waals surface area contributed by atoms with Gasteiger partial charge in [-0.25, -0.2) is 0 Å². The first-order chi connectivity index (χ1) is 4.47. The molecule has 1 aromatic rings. The second kappa shape index (κ2) is 1.06. The van der Waals surface area contributed by atoms with Crippen LogP contribution in [0, 0.1) is 6.07 Å². The van der Waals surface area contributed by atoms with E-state index in [0.717, 1.165) is 11.8 Å². The molecule has 2 aliphatic carbocycles. The minimum Gasteiger partial charge on any atom is -0.0613 e. The van der Waals surface area contributed by atoms with Gasteiger partial charge in [0.25, 0.3) is 0 Å². The van der Waals surface area contributed by atoms with Gasteiger partial charge in [-0.1, -0.05) is 18.2 Å². The molecule has 1 saturated carbocycles. The van der Waals surface area contributed by atoms with Crippen molar-refractivity contribution < 1.29 is 0 Å². The minimum absolute atomic E-state index is 0.932. The van der Waals surface area contributed by atoms with Crippen LogP contribution in [0.15, 0.2) is 18.2 Å². The molecule has 0 heterocycles. The Labute approximate surface area is 54.5 Å². The van der Waals surface area contributed by atoms with E-state index in [2.05, 4.69) is 18.2 Å². The molecule has 0 spiro atoms. The van der Waals surface area contributed by atoms with Gasteiger partial charge in [0.05, 0.1) is 0 Å². The molecule has 0 bridgehead atoms. The Morgan fingerprint density at radius 2 is 2.44 bits per heavy atom. The fourth-order valence-electron chi connectivity index (χ4n) is 1.87. The summed E-state index contributed by atoms with van der Waals surface area (Å²) in [5.74, 6) is 1.89. The van der Waals surface area contributed by atoms with Gasteiger partial charge in [0.1, 0.15) is 0 Å². The number of rotatable bonds is 0. The maximum absolute atomic E-state index is 3.28. The summed E-state index contributed by atoms with van der Waals surface area (Å²) in [6.07, 6.45) is 1.41. The molecule has 0 heteroatoms. The lowest BCUT2D eigenvalue weighted by molar-refractivity contribution is 0.898. The maximum Gasteiger partial charge on any atom is -0.00777 e. The van der Waals surface area contributed by atoms with Crippen LogP contribution in [0.25, 0.3) is 0 Å². The molecule has 9 heavy (non-hydrogen) atoms. The van der Waals surface area contributed by atoms with Crippen molar-refractivity contribution in [3.05, 3.63) is 35.4 Å². The van der Waals surface area contributed by atoms with Crippen LogP contribution in [0.3, 0.4) is 0 Å². The molecule has 1 fully saturated rings. The van der Waals surface area contributed by atoms with Crippen LogP contribution in [0.1, 0.15) is 29.4 Å². The summed E-state index contributed by atoms with van der Waals surface area (Å²) < 4.78 is 0. The van der Waals surface area contributed by atoms with Gasteiger partial charge in [-0.15, -0.1) is 0 Å². The summed E-state index contributed by atoms with van der Waals surface area (Å²) >= 11 is 0. The van der Waals surface area contributed by atoms with E-state index in [1.165, 1.54) is 12.0 Å². The summed E-state index contributed by atoms with van der Waals surface area (Å²) in [5.41, 5.74) is 3.07. The highest BCUT2D eigenvalue weighted by molar-refractivity contribution is 5.51. The average molecular weight is 115 g/mol. The highest BCUT2D eigenvalue weighted by atomic mass is 14.5. The highest BCUT2D eigenvalue weighted by Gasteiger charge is 2.50. The molecule has 0 saturated heterocycles. The standard InChI is InChI=1S/C9H7/c1-2-4-7-6(3-1)8-5-9(7)8/h1-3,8-9H,5H2.